The third kappa shape index (κ3) is 2.65. The lowest BCUT2D eigenvalue weighted by molar-refractivity contribution is -0.118. The maximum absolute atomic E-state index is 11.2. The normalized spacial score (nSPS) is 12.0. The molecule has 0 amide bonds. The molecule has 0 aliphatic rings. The van der Waals surface area contributed by atoms with Gasteiger partial charge in [0, 0.05) is 0 Å². The van der Waals surface area contributed by atoms with Crippen molar-refractivity contribution < 1.29 is 14.3 Å². The van der Waals surface area contributed by atoms with Crippen LogP contribution in [0.4, 0.5) is 0 Å². The van der Waals surface area contributed by atoms with Crippen LogP contribution in [0.2, 0.25) is 0 Å². The highest BCUT2D eigenvalue weighted by Crippen LogP contribution is 2.20. The molecule has 5 nitrogen and oxygen atoms in total. The van der Waals surface area contributed by atoms with Crippen molar-refractivity contribution in [3.63, 3.8) is 0 Å². The Labute approximate surface area is 88.4 Å². The average Bonchev–Trinajstić information content (AvgIpc) is 2.27. The van der Waals surface area contributed by atoms with Crippen LogP contribution in [0, 0.1) is 0 Å². The Kier molecular flexibility index (Phi) is 3.60. The van der Waals surface area contributed by atoms with Crippen molar-refractivity contribution in [1.29, 1.82) is 0 Å². The number of nitrogens with zero attached hydrogens (tertiary/aromatic N) is 2. The Morgan fingerprint density at radius 1 is 1.27 bits per heavy atom. The molecule has 0 aliphatic carbocycles. The molecule has 1 unspecified atom stereocenters. The van der Waals surface area contributed by atoms with Crippen molar-refractivity contribution in [2.75, 3.05) is 14.2 Å². The van der Waals surface area contributed by atoms with E-state index in [1.54, 1.807) is 13.0 Å². The van der Waals surface area contributed by atoms with Gasteiger partial charge < -0.3 is 9.47 Å². The van der Waals surface area contributed by atoms with Gasteiger partial charge in [-0.25, -0.2) is 0 Å². The predicted molar refractivity (Wildman–Crippen MR) is 54.2 cm³/mol. The van der Waals surface area contributed by atoms with Gasteiger partial charge in [-0.1, -0.05) is 0 Å². The molecule has 0 saturated carbocycles. The summed E-state index contributed by atoms with van der Waals surface area (Å²) in [6.45, 7) is 3.25. The van der Waals surface area contributed by atoms with Gasteiger partial charge in [-0.2, -0.15) is 9.97 Å². The third-order valence-electron chi connectivity index (χ3n) is 2.11. The second-order valence-electron chi connectivity index (χ2n) is 3.14. The summed E-state index contributed by atoms with van der Waals surface area (Å²) in [5.74, 6) is 0.855. The molecule has 0 aromatic carbocycles. The monoisotopic (exact) mass is 210 g/mol. The highest BCUT2D eigenvalue weighted by molar-refractivity contribution is 5.81. The maximum atomic E-state index is 11.2. The zero-order valence-corrected chi connectivity index (χ0v) is 9.27. The molecule has 0 radical (unpaired) electrons. The Balaban J connectivity index is 3.11. The molecule has 0 aliphatic heterocycles. The highest BCUT2D eigenvalue weighted by Gasteiger charge is 2.16. The molecule has 0 spiro atoms. The van der Waals surface area contributed by atoms with Crippen LogP contribution in [0.3, 0.4) is 0 Å². The average molecular weight is 210 g/mol. The van der Waals surface area contributed by atoms with Gasteiger partial charge in [0.05, 0.1) is 26.2 Å². The highest BCUT2D eigenvalue weighted by atomic mass is 16.5. The lowest BCUT2D eigenvalue weighted by Gasteiger charge is -2.09. The number of methoxy groups -OCH3 is 2. The number of hydrogen-bond acceptors (Lipinski definition) is 5. The first-order valence-electron chi connectivity index (χ1n) is 4.56. The zero-order valence-electron chi connectivity index (χ0n) is 9.27. The number of rotatable bonds is 4. The minimum Gasteiger partial charge on any atom is -0.481 e. The van der Waals surface area contributed by atoms with E-state index in [9.17, 15) is 4.79 Å². The van der Waals surface area contributed by atoms with Crippen molar-refractivity contribution >= 4 is 5.78 Å². The van der Waals surface area contributed by atoms with Crippen LogP contribution in [-0.4, -0.2) is 30.0 Å². The largest absolute Gasteiger partial charge is 0.481 e. The van der Waals surface area contributed by atoms with Gasteiger partial charge in [-0.3, -0.25) is 4.79 Å². The minimum absolute atomic E-state index is 0.00491. The van der Waals surface area contributed by atoms with E-state index in [-0.39, 0.29) is 11.7 Å². The summed E-state index contributed by atoms with van der Waals surface area (Å²) in [5, 5.41) is 0. The van der Waals surface area contributed by atoms with E-state index in [4.69, 9.17) is 9.47 Å². The zero-order chi connectivity index (χ0) is 11.4. The quantitative estimate of drug-likeness (QED) is 0.746. The first kappa shape index (κ1) is 11.4. The van der Waals surface area contributed by atoms with Crippen molar-refractivity contribution in [2.24, 2.45) is 0 Å². The van der Waals surface area contributed by atoms with E-state index in [1.807, 2.05) is 0 Å². The van der Waals surface area contributed by atoms with Crippen LogP contribution >= 0.6 is 0 Å². The molecule has 82 valence electrons. The van der Waals surface area contributed by atoms with Crippen molar-refractivity contribution in [3.8, 4) is 11.8 Å². The SMILES string of the molecule is COc1cc(OC)nc(C(C)C(C)=O)n1. The summed E-state index contributed by atoms with van der Waals surface area (Å²) >= 11 is 0. The van der Waals surface area contributed by atoms with E-state index in [0.717, 1.165) is 0 Å². The standard InChI is InChI=1S/C10H14N2O3/c1-6(7(2)13)10-11-8(14-3)5-9(12-10)15-4/h5-6H,1-4H3. The fourth-order valence-corrected chi connectivity index (χ4v) is 1.01. The van der Waals surface area contributed by atoms with Crippen LogP contribution in [-0.2, 0) is 4.79 Å². The van der Waals surface area contributed by atoms with Crippen LogP contribution in [0.1, 0.15) is 25.6 Å². The topological polar surface area (TPSA) is 61.3 Å². The molecule has 1 aromatic rings. The van der Waals surface area contributed by atoms with Gasteiger partial charge >= 0.3 is 0 Å². The fourth-order valence-electron chi connectivity index (χ4n) is 1.01. The lowest BCUT2D eigenvalue weighted by Crippen LogP contribution is -2.10. The van der Waals surface area contributed by atoms with Gasteiger partial charge in [-0.05, 0) is 13.8 Å². The van der Waals surface area contributed by atoms with Crippen LogP contribution in [0.5, 0.6) is 11.8 Å². The Hall–Kier alpha value is -1.65. The minimum atomic E-state index is -0.353. The third-order valence-corrected chi connectivity index (χ3v) is 2.11. The molecule has 1 atom stereocenters. The molecule has 1 aromatic heterocycles. The smallest absolute Gasteiger partial charge is 0.220 e. The van der Waals surface area contributed by atoms with Crippen molar-refractivity contribution in [2.45, 2.75) is 19.8 Å². The Bertz CT molecular complexity index is 343. The molecule has 0 bridgehead atoms. The van der Waals surface area contributed by atoms with Gasteiger partial charge in [-0.15, -0.1) is 0 Å². The van der Waals surface area contributed by atoms with Crippen LogP contribution in [0.25, 0.3) is 0 Å². The number of Topliss-reactive ketones (excluding diaryl/α,β-unsaturated/α-hetero) is 1. The fraction of sp³-hybridized carbons (Fsp3) is 0.500. The first-order valence-corrected chi connectivity index (χ1v) is 4.56. The van der Waals surface area contributed by atoms with Gasteiger partial charge in [0.15, 0.2) is 0 Å². The van der Waals surface area contributed by atoms with Crippen LogP contribution in [0.15, 0.2) is 6.07 Å². The summed E-state index contributed by atoms with van der Waals surface area (Å²) in [5.41, 5.74) is 0. The van der Waals surface area contributed by atoms with Crippen LogP contribution < -0.4 is 9.47 Å². The molecule has 15 heavy (non-hydrogen) atoms. The molecular formula is C10H14N2O3. The van der Waals surface area contributed by atoms with E-state index < -0.39 is 0 Å². The number of hydrogen-bond donors (Lipinski definition) is 0. The number of carbonyl (C=O) groups excluding carboxylic acids is 1. The molecule has 1 heterocycles. The second kappa shape index (κ2) is 4.72. The first-order chi connectivity index (χ1) is 7.08. The molecule has 0 saturated heterocycles. The molecule has 5 heteroatoms. The van der Waals surface area contributed by atoms with E-state index >= 15 is 0 Å². The summed E-state index contributed by atoms with van der Waals surface area (Å²) in [6, 6.07) is 1.57. The molecule has 0 fully saturated rings. The Morgan fingerprint density at radius 3 is 2.07 bits per heavy atom. The Morgan fingerprint density at radius 2 is 1.73 bits per heavy atom. The summed E-state index contributed by atoms with van der Waals surface area (Å²) in [6.07, 6.45) is 0. The van der Waals surface area contributed by atoms with Crippen molar-refractivity contribution in [1.82, 2.24) is 9.97 Å². The van der Waals surface area contributed by atoms with Gasteiger partial charge in [0.2, 0.25) is 11.8 Å². The summed E-state index contributed by atoms with van der Waals surface area (Å²) in [7, 11) is 3.01. The molecule has 0 N–H and O–H groups in total. The molecule has 1 rings (SSSR count). The van der Waals surface area contributed by atoms with E-state index in [1.165, 1.54) is 21.1 Å². The van der Waals surface area contributed by atoms with Gasteiger partial charge in [0.25, 0.3) is 0 Å². The van der Waals surface area contributed by atoms with Gasteiger partial charge in [0.1, 0.15) is 11.6 Å². The van der Waals surface area contributed by atoms with Crippen molar-refractivity contribution in [3.05, 3.63) is 11.9 Å². The summed E-state index contributed by atoms with van der Waals surface area (Å²) < 4.78 is 9.97. The maximum Gasteiger partial charge on any atom is 0.220 e. The second-order valence-corrected chi connectivity index (χ2v) is 3.14. The number of carbonyl (C=O) groups is 1. The lowest BCUT2D eigenvalue weighted by atomic mass is 10.1. The summed E-state index contributed by atoms with van der Waals surface area (Å²) in [4.78, 5) is 19.4. The van der Waals surface area contributed by atoms with E-state index in [0.29, 0.717) is 17.6 Å². The number of aromatic nitrogens is 2. The number of ether oxygens (including phenoxy) is 2. The molecular weight excluding hydrogens is 196 g/mol. The predicted octanol–water partition coefficient (Wildman–Crippen LogP) is 1.19. The number of ketones is 1. The van der Waals surface area contributed by atoms with E-state index in [2.05, 4.69) is 9.97 Å².